The number of anilines is 2. The van der Waals surface area contributed by atoms with Crippen molar-refractivity contribution >= 4 is 39.0 Å². The summed E-state index contributed by atoms with van der Waals surface area (Å²) in [4.78, 5) is 37.6. The molecule has 0 saturated heterocycles. The molecule has 0 fully saturated rings. The molecule has 1 aliphatic heterocycles. The van der Waals surface area contributed by atoms with Gasteiger partial charge in [0.15, 0.2) is 16.4 Å². The maximum absolute atomic E-state index is 12.4. The van der Waals surface area contributed by atoms with Gasteiger partial charge in [0.1, 0.15) is 6.54 Å². The Balaban J connectivity index is 1.67. The fourth-order valence-corrected chi connectivity index (χ4v) is 3.21. The molecule has 2 amide bonds. The Hall–Kier alpha value is -3.20. The molecule has 0 bridgehead atoms. The number of amides is 2. The number of ether oxygens (including phenoxy) is 1. The predicted molar refractivity (Wildman–Crippen MR) is 97.3 cm³/mol. The third-order valence-corrected chi connectivity index (χ3v) is 5.05. The van der Waals surface area contributed by atoms with Crippen LogP contribution in [-0.4, -0.2) is 45.6 Å². The van der Waals surface area contributed by atoms with Crippen molar-refractivity contribution < 1.29 is 27.5 Å². The monoisotopic (exact) mass is 388 g/mol. The van der Waals surface area contributed by atoms with Crippen molar-refractivity contribution in [1.82, 2.24) is 0 Å². The Morgan fingerprint density at radius 1 is 1.11 bits per heavy atom. The first-order chi connectivity index (χ1) is 12.8. The largest absolute Gasteiger partial charge is 0.452 e. The summed E-state index contributed by atoms with van der Waals surface area (Å²) in [6.07, 6.45) is 1.06. The molecule has 0 unspecified atom stereocenters. The summed E-state index contributed by atoms with van der Waals surface area (Å²) in [6, 6.07) is 12.0. The van der Waals surface area contributed by atoms with Gasteiger partial charge in [-0.05, 0) is 36.4 Å². The molecule has 1 heterocycles. The first-order valence-corrected chi connectivity index (χ1v) is 9.81. The van der Waals surface area contributed by atoms with Gasteiger partial charge < -0.3 is 10.1 Å². The van der Waals surface area contributed by atoms with Gasteiger partial charge in [0.25, 0.3) is 5.91 Å². The fourth-order valence-electron chi connectivity index (χ4n) is 2.58. The van der Waals surface area contributed by atoms with Crippen LogP contribution in [0.15, 0.2) is 53.4 Å². The van der Waals surface area contributed by atoms with Gasteiger partial charge in [-0.2, -0.15) is 0 Å². The topological polar surface area (TPSA) is 110 Å². The number of fused-ring (bicyclic) bond motifs is 1. The Bertz CT molecular complexity index is 1010. The van der Waals surface area contributed by atoms with Gasteiger partial charge in [-0.15, -0.1) is 0 Å². The van der Waals surface area contributed by atoms with E-state index in [9.17, 15) is 22.8 Å². The van der Waals surface area contributed by atoms with Crippen LogP contribution in [0.2, 0.25) is 0 Å². The van der Waals surface area contributed by atoms with Gasteiger partial charge in [0, 0.05) is 6.26 Å². The van der Waals surface area contributed by atoms with Crippen LogP contribution in [0.1, 0.15) is 10.4 Å². The zero-order valence-corrected chi connectivity index (χ0v) is 15.2. The quantitative estimate of drug-likeness (QED) is 0.789. The maximum atomic E-state index is 12.4. The van der Waals surface area contributed by atoms with Crippen LogP contribution in [0.3, 0.4) is 0 Å². The number of sulfone groups is 1. The molecule has 1 aliphatic rings. The highest BCUT2D eigenvalue weighted by Crippen LogP contribution is 2.28. The molecule has 1 N–H and O–H groups in total. The number of nitrogens with zero attached hydrogens (tertiary/aromatic N) is 1. The lowest BCUT2D eigenvalue weighted by molar-refractivity contribution is -0.124. The number of para-hydroxylation sites is 2. The lowest BCUT2D eigenvalue weighted by atomic mass is 10.2. The van der Waals surface area contributed by atoms with E-state index in [4.69, 9.17) is 4.74 Å². The van der Waals surface area contributed by atoms with Crippen LogP contribution in [0.5, 0.6) is 0 Å². The summed E-state index contributed by atoms with van der Waals surface area (Å²) in [7, 11) is -3.37. The fraction of sp³-hybridized carbons (Fsp3) is 0.167. The second-order valence-corrected chi connectivity index (χ2v) is 7.93. The summed E-state index contributed by atoms with van der Waals surface area (Å²) in [6.45, 7) is -0.718. The van der Waals surface area contributed by atoms with Crippen molar-refractivity contribution in [3.8, 4) is 0 Å². The molecule has 2 aromatic carbocycles. The number of carbonyl (C=O) groups is 3. The first kappa shape index (κ1) is 18.6. The molecular formula is C18H16N2O6S. The zero-order valence-electron chi connectivity index (χ0n) is 14.3. The third-order valence-electron chi connectivity index (χ3n) is 3.92. The Morgan fingerprint density at radius 3 is 2.44 bits per heavy atom. The highest BCUT2D eigenvalue weighted by Gasteiger charge is 2.27. The van der Waals surface area contributed by atoms with Gasteiger partial charge in [0.05, 0.1) is 21.8 Å². The third kappa shape index (κ3) is 4.14. The first-order valence-electron chi connectivity index (χ1n) is 7.92. The van der Waals surface area contributed by atoms with Crippen molar-refractivity contribution in [1.29, 1.82) is 0 Å². The van der Waals surface area contributed by atoms with Crippen LogP contribution in [-0.2, 0) is 24.2 Å². The number of hydrogen-bond donors (Lipinski definition) is 1. The van der Waals surface area contributed by atoms with Crippen LogP contribution < -0.4 is 10.2 Å². The number of nitrogens with one attached hydrogen (secondary N) is 1. The standard InChI is InChI=1S/C18H16N2O6S/c1-27(24,25)13-8-6-12(7-9-13)18(23)26-11-17(22)20-10-16(21)19-14-4-2-3-5-15(14)20/h2-9H,10-11H2,1H3,(H,19,21). The minimum Gasteiger partial charge on any atom is -0.452 e. The highest BCUT2D eigenvalue weighted by molar-refractivity contribution is 7.90. The lowest BCUT2D eigenvalue weighted by Crippen LogP contribution is -2.44. The van der Waals surface area contributed by atoms with E-state index >= 15 is 0 Å². The molecule has 140 valence electrons. The smallest absolute Gasteiger partial charge is 0.338 e. The number of rotatable bonds is 4. The van der Waals surface area contributed by atoms with Gasteiger partial charge in [-0.3, -0.25) is 14.5 Å². The zero-order chi connectivity index (χ0) is 19.6. The second kappa shape index (κ2) is 7.20. The van der Waals surface area contributed by atoms with Gasteiger partial charge in [-0.1, -0.05) is 12.1 Å². The molecule has 0 saturated carbocycles. The maximum Gasteiger partial charge on any atom is 0.338 e. The Labute approximate surface area is 155 Å². The molecule has 3 rings (SSSR count). The number of esters is 1. The minimum atomic E-state index is -3.37. The average molecular weight is 388 g/mol. The van der Waals surface area contributed by atoms with Crippen LogP contribution in [0.25, 0.3) is 0 Å². The molecule has 0 aromatic heterocycles. The minimum absolute atomic E-state index is 0.0751. The molecular weight excluding hydrogens is 372 g/mol. The predicted octanol–water partition coefficient (Wildman–Crippen LogP) is 1.23. The second-order valence-electron chi connectivity index (χ2n) is 5.92. The Morgan fingerprint density at radius 2 is 1.78 bits per heavy atom. The van der Waals surface area contributed by atoms with E-state index in [1.54, 1.807) is 24.3 Å². The Kier molecular flexibility index (Phi) is 4.95. The number of carbonyl (C=O) groups excluding carboxylic acids is 3. The van der Waals surface area contributed by atoms with Gasteiger partial charge >= 0.3 is 5.97 Å². The van der Waals surface area contributed by atoms with Crippen LogP contribution in [0.4, 0.5) is 11.4 Å². The van der Waals surface area contributed by atoms with Crippen molar-refractivity contribution in [3.63, 3.8) is 0 Å². The number of benzene rings is 2. The summed E-state index contributed by atoms with van der Waals surface area (Å²) in [5.41, 5.74) is 1.15. The summed E-state index contributed by atoms with van der Waals surface area (Å²) in [5, 5.41) is 2.66. The van der Waals surface area contributed by atoms with Crippen molar-refractivity contribution in [2.24, 2.45) is 0 Å². The normalized spacial score (nSPS) is 13.5. The van der Waals surface area contributed by atoms with Crippen molar-refractivity contribution in [3.05, 3.63) is 54.1 Å². The van der Waals surface area contributed by atoms with Gasteiger partial charge in [-0.25, -0.2) is 13.2 Å². The molecule has 0 spiro atoms. The molecule has 2 aromatic rings. The molecule has 0 radical (unpaired) electrons. The van der Waals surface area contributed by atoms with Crippen LogP contribution >= 0.6 is 0 Å². The van der Waals surface area contributed by atoms with Gasteiger partial charge in [0.2, 0.25) is 5.91 Å². The summed E-state index contributed by atoms with van der Waals surface area (Å²) < 4.78 is 27.9. The van der Waals surface area contributed by atoms with E-state index in [0.29, 0.717) is 11.4 Å². The SMILES string of the molecule is CS(=O)(=O)c1ccc(C(=O)OCC(=O)N2CC(=O)Nc3ccccc32)cc1. The molecule has 0 atom stereocenters. The average Bonchev–Trinajstić information content (AvgIpc) is 2.64. The van der Waals surface area contributed by atoms with Crippen molar-refractivity contribution in [2.45, 2.75) is 4.90 Å². The van der Waals surface area contributed by atoms with E-state index in [2.05, 4.69) is 5.32 Å². The molecule has 8 nitrogen and oxygen atoms in total. The van der Waals surface area contributed by atoms with Crippen LogP contribution in [0, 0.1) is 0 Å². The lowest BCUT2D eigenvalue weighted by Gasteiger charge is -2.28. The van der Waals surface area contributed by atoms with E-state index in [1.807, 2.05) is 0 Å². The molecule has 0 aliphatic carbocycles. The highest BCUT2D eigenvalue weighted by atomic mass is 32.2. The number of hydrogen-bond acceptors (Lipinski definition) is 6. The van der Waals surface area contributed by atoms with E-state index in [-0.39, 0.29) is 22.9 Å². The molecule has 9 heteroatoms. The summed E-state index contributed by atoms with van der Waals surface area (Å²) in [5.74, 6) is -1.65. The van der Waals surface area contributed by atoms with Crippen molar-refractivity contribution in [2.75, 3.05) is 29.6 Å². The summed E-state index contributed by atoms with van der Waals surface area (Å²) >= 11 is 0. The molecule has 27 heavy (non-hydrogen) atoms. The van der Waals surface area contributed by atoms with E-state index < -0.39 is 28.3 Å². The van der Waals surface area contributed by atoms with E-state index in [1.165, 1.54) is 29.2 Å². The van der Waals surface area contributed by atoms with E-state index in [0.717, 1.165) is 6.26 Å².